The highest BCUT2D eigenvalue weighted by molar-refractivity contribution is 7.92. The van der Waals surface area contributed by atoms with E-state index in [0.29, 0.717) is 35.2 Å². The molecule has 11 nitrogen and oxygen atoms in total. The molecule has 49 heavy (non-hydrogen) atoms. The molecule has 5 rings (SSSR count). The van der Waals surface area contributed by atoms with Crippen LogP contribution in [0.5, 0.6) is 11.8 Å². The Kier molecular flexibility index (Phi) is 10.9. The number of ether oxygens (including phenoxy) is 2. The number of carbonyl (C=O) groups excluding carboxylic acids is 1. The predicted octanol–water partition coefficient (Wildman–Crippen LogP) is 6.79. The number of aryl methyl sites for hydroxylation is 1. The summed E-state index contributed by atoms with van der Waals surface area (Å²) in [6, 6.07) is 11.7. The van der Waals surface area contributed by atoms with Crippen LogP contribution >= 0.6 is 0 Å². The van der Waals surface area contributed by atoms with E-state index in [0.717, 1.165) is 23.1 Å². The number of benzene rings is 2. The molecule has 1 N–H and O–H groups in total. The monoisotopic (exact) mass is 686 g/mol. The van der Waals surface area contributed by atoms with Gasteiger partial charge in [0.2, 0.25) is 17.7 Å². The Morgan fingerprint density at radius 3 is 2.41 bits per heavy atom. The molecule has 0 saturated carbocycles. The zero-order valence-electron chi connectivity index (χ0n) is 29.5. The van der Waals surface area contributed by atoms with E-state index in [4.69, 9.17) is 14.5 Å². The molecule has 1 atom stereocenters. The Balaban J connectivity index is 1.66. The number of carbonyl (C=O) groups is 1. The van der Waals surface area contributed by atoms with Gasteiger partial charge >= 0.3 is 0 Å². The Morgan fingerprint density at radius 1 is 0.980 bits per heavy atom. The van der Waals surface area contributed by atoms with Crippen molar-refractivity contribution in [2.45, 2.75) is 91.8 Å². The normalized spacial score (nSPS) is 16.1. The van der Waals surface area contributed by atoms with Crippen LogP contribution in [0.15, 0.2) is 59.8 Å². The molecule has 2 aromatic heterocycles. The molecule has 4 bridgehead atoms. The zero-order valence-corrected chi connectivity index (χ0v) is 30.3. The summed E-state index contributed by atoms with van der Waals surface area (Å²) in [6.45, 7) is 16.4. The maximum absolute atomic E-state index is 14.3. The number of sulfonamides is 1. The van der Waals surface area contributed by atoms with Gasteiger partial charge in [0, 0.05) is 16.7 Å². The summed E-state index contributed by atoms with van der Waals surface area (Å²) in [7, 11) is -4.19. The lowest BCUT2D eigenvalue weighted by molar-refractivity contribution is 0.0548. The van der Waals surface area contributed by atoms with Gasteiger partial charge in [-0.2, -0.15) is 4.98 Å². The standard InChI is InChI=1S/C37H46N6O5S/c1-22(2)15-27-12-9-11-25(7)33(27)34-26(8)35-41-37(40-34)42-49(45,46)31-14-10-13-28(17-31)36(44)43(30(21-47-35)16-23(3)4)20-29-18-39-32(19-38-29)48-24(5)6/h9-14,17-19,22-24,30H,15-16,20-21H2,1-8H3,(H,40,41,42)/t30-/m1/s1. The molecule has 4 aromatic rings. The number of nitrogens with one attached hydrogen (secondary N) is 1. The van der Waals surface area contributed by atoms with E-state index in [1.165, 1.54) is 12.1 Å². The number of amides is 1. The Bertz CT molecular complexity index is 1910. The fourth-order valence-electron chi connectivity index (χ4n) is 6.02. The number of aromatic nitrogens is 4. The van der Waals surface area contributed by atoms with Crippen molar-refractivity contribution in [3.8, 4) is 23.0 Å². The molecular formula is C37H46N6O5S. The maximum atomic E-state index is 14.3. The fraction of sp³-hybridized carbons (Fsp3) is 0.432. The molecule has 1 aliphatic heterocycles. The first kappa shape index (κ1) is 35.7. The number of nitrogens with zero attached hydrogens (tertiary/aromatic N) is 5. The highest BCUT2D eigenvalue weighted by atomic mass is 32.2. The van der Waals surface area contributed by atoms with Gasteiger partial charge in [-0.3, -0.25) is 9.78 Å². The van der Waals surface area contributed by atoms with E-state index in [9.17, 15) is 13.2 Å². The van der Waals surface area contributed by atoms with Crippen LogP contribution in [0.25, 0.3) is 11.3 Å². The van der Waals surface area contributed by atoms with Crippen molar-refractivity contribution in [1.82, 2.24) is 24.8 Å². The maximum Gasteiger partial charge on any atom is 0.264 e. The van der Waals surface area contributed by atoms with Crippen LogP contribution in [0.3, 0.4) is 0 Å². The van der Waals surface area contributed by atoms with Crippen LogP contribution in [0, 0.1) is 25.7 Å². The van der Waals surface area contributed by atoms with Gasteiger partial charge in [-0.1, -0.05) is 52.0 Å². The Morgan fingerprint density at radius 2 is 1.73 bits per heavy atom. The fourth-order valence-corrected chi connectivity index (χ4v) is 7.01. The SMILES string of the molecule is Cc1cccc(CC(C)C)c1-c1nc2nc(c1C)OC[C@@H](CC(C)C)N(Cc1cnc(OC(C)C)cn1)C(=O)c1cccc(c1)S(=O)(=O)N2. The lowest BCUT2D eigenvalue weighted by Gasteiger charge is -2.33. The van der Waals surface area contributed by atoms with E-state index < -0.39 is 16.1 Å². The van der Waals surface area contributed by atoms with Gasteiger partial charge in [0.15, 0.2) is 0 Å². The van der Waals surface area contributed by atoms with Crippen LogP contribution < -0.4 is 14.2 Å². The van der Waals surface area contributed by atoms with Crippen LogP contribution in [-0.4, -0.2) is 57.9 Å². The number of anilines is 1. The number of hydrogen-bond donors (Lipinski definition) is 1. The molecule has 0 spiro atoms. The minimum absolute atomic E-state index is 0.0645. The Labute approximate surface area is 289 Å². The van der Waals surface area contributed by atoms with E-state index in [1.807, 2.05) is 39.8 Å². The van der Waals surface area contributed by atoms with Crippen LogP contribution in [0.2, 0.25) is 0 Å². The van der Waals surface area contributed by atoms with Crippen molar-refractivity contribution in [2.24, 2.45) is 11.8 Å². The minimum Gasteiger partial charge on any atom is -0.475 e. The average Bonchev–Trinajstić information content (AvgIpc) is 3.03. The van der Waals surface area contributed by atoms with Gasteiger partial charge < -0.3 is 14.4 Å². The lowest BCUT2D eigenvalue weighted by atomic mass is 9.91. The van der Waals surface area contributed by atoms with Crippen LogP contribution in [-0.2, 0) is 23.0 Å². The lowest BCUT2D eigenvalue weighted by Crippen LogP contribution is -2.44. The third-order valence-corrected chi connectivity index (χ3v) is 9.50. The molecule has 3 heterocycles. The first-order valence-corrected chi connectivity index (χ1v) is 18.2. The van der Waals surface area contributed by atoms with E-state index >= 15 is 0 Å². The topological polar surface area (TPSA) is 136 Å². The molecule has 0 fully saturated rings. The first-order valence-electron chi connectivity index (χ1n) is 16.7. The van der Waals surface area contributed by atoms with Crippen molar-refractivity contribution in [3.05, 3.63) is 82.8 Å². The predicted molar refractivity (Wildman–Crippen MR) is 189 cm³/mol. The van der Waals surface area contributed by atoms with E-state index in [2.05, 4.69) is 53.4 Å². The van der Waals surface area contributed by atoms with Crippen LogP contribution in [0.1, 0.15) is 80.7 Å². The molecule has 12 heteroatoms. The summed E-state index contributed by atoms with van der Waals surface area (Å²) in [6.07, 6.45) is 4.48. The second-order valence-corrected chi connectivity index (χ2v) is 15.4. The summed E-state index contributed by atoms with van der Waals surface area (Å²) < 4.78 is 42.3. The summed E-state index contributed by atoms with van der Waals surface area (Å²) in [4.78, 5) is 34.2. The average molecular weight is 687 g/mol. The number of hydrogen-bond acceptors (Lipinski definition) is 9. The second kappa shape index (κ2) is 14.9. The van der Waals surface area contributed by atoms with Crippen molar-refractivity contribution >= 4 is 21.9 Å². The minimum atomic E-state index is -4.19. The second-order valence-electron chi connectivity index (χ2n) is 13.7. The smallest absolute Gasteiger partial charge is 0.264 e. The van der Waals surface area contributed by atoms with E-state index in [1.54, 1.807) is 29.4 Å². The van der Waals surface area contributed by atoms with Gasteiger partial charge in [0.25, 0.3) is 15.9 Å². The molecule has 0 unspecified atom stereocenters. The van der Waals surface area contributed by atoms with E-state index in [-0.39, 0.29) is 53.4 Å². The van der Waals surface area contributed by atoms with Crippen LogP contribution in [0.4, 0.5) is 5.95 Å². The highest BCUT2D eigenvalue weighted by Crippen LogP contribution is 2.35. The Hall–Kier alpha value is -4.58. The largest absolute Gasteiger partial charge is 0.475 e. The van der Waals surface area contributed by atoms with Crippen molar-refractivity contribution < 1.29 is 22.7 Å². The molecule has 0 saturated heterocycles. The van der Waals surface area contributed by atoms with Gasteiger partial charge in [0.05, 0.1) is 47.4 Å². The summed E-state index contributed by atoms with van der Waals surface area (Å²) in [5.74, 6) is 0.741. The van der Waals surface area contributed by atoms with Crippen molar-refractivity contribution in [1.29, 1.82) is 0 Å². The quantitative estimate of drug-likeness (QED) is 0.202. The van der Waals surface area contributed by atoms with Gasteiger partial charge in [-0.25, -0.2) is 23.1 Å². The first-order chi connectivity index (χ1) is 23.2. The number of rotatable bonds is 9. The molecule has 0 radical (unpaired) electrons. The summed E-state index contributed by atoms with van der Waals surface area (Å²) in [5, 5.41) is 0. The molecule has 2 aromatic carbocycles. The molecule has 260 valence electrons. The van der Waals surface area contributed by atoms with Gasteiger partial charge in [0.1, 0.15) is 6.61 Å². The molecular weight excluding hydrogens is 641 g/mol. The van der Waals surface area contributed by atoms with Crippen molar-refractivity contribution in [2.75, 3.05) is 11.3 Å². The summed E-state index contributed by atoms with van der Waals surface area (Å²) in [5.41, 5.74) is 5.05. The molecule has 1 amide bonds. The number of fused-ring (bicyclic) bond motifs is 4. The third-order valence-electron chi connectivity index (χ3n) is 8.17. The zero-order chi connectivity index (χ0) is 35.5. The molecule has 0 aliphatic carbocycles. The summed E-state index contributed by atoms with van der Waals surface area (Å²) >= 11 is 0. The van der Waals surface area contributed by atoms with Crippen molar-refractivity contribution in [3.63, 3.8) is 0 Å². The third kappa shape index (κ3) is 8.54. The molecule has 1 aliphatic rings. The highest BCUT2D eigenvalue weighted by Gasteiger charge is 2.30. The van der Waals surface area contributed by atoms with Gasteiger partial charge in [-0.15, -0.1) is 0 Å². The van der Waals surface area contributed by atoms with Gasteiger partial charge in [-0.05, 0) is 81.7 Å².